The van der Waals surface area contributed by atoms with E-state index in [1.54, 1.807) is 5.01 Å². The van der Waals surface area contributed by atoms with Gasteiger partial charge in [0.05, 0.1) is 5.54 Å². The molecule has 2 N–H and O–H groups in total. The second-order valence-corrected chi connectivity index (χ2v) is 3.55. The minimum absolute atomic E-state index is 0.00810. The Morgan fingerprint density at radius 3 is 2.70 bits per heavy atom. The van der Waals surface area contributed by atoms with Crippen molar-refractivity contribution in [2.75, 3.05) is 0 Å². The van der Waals surface area contributed by atoms with Gasteiger partial charge in [-0.3, -0.25) is 5.01 Å². The van der Waals surface area contributed by atoms with E-state index in [1.807, 2.05) is 6.08 Å². The summed E-state index contributed by atoms with van der Waals surface area (Å²) in [5.74, 6) is 5.70. The molecule has 0 atom stereocenters. The molecule has 0 aliphatic carbocycles. The smallest absolute Gasteiger partial charge is 0.116 e. The largest absolute Gasteiger partial charge is 0.295 e. The SMILES string of the molecule is CC1(C)CC=CC(=S)N1N. The highest BCUT2D eigenvalue weighted by atomic mass is 32.1. The number of hydrogen-bond donors (Lipinski definition) is 1. The molecule has 1 rings (SSSR count). The van der Waals surface area contributed by atoms with Crippen molar-refractivity contribution in [1.82, 2.24) is 5.01 Å². The van der Waals surface area contributed by atoms with E-state index in [9.17, 15) is 0 Å². The standard InChI is InChI=1S/C7H12N2S/c1-7(2)5-3-4-6(10)9(7)8/h3-4H,5,8H2,1-2H3. The van der Waals surface area contributed by atoms with Crippen LogP contribution in [0.1, 0.15) is 20.3 Å². The maximum atomic E-state index is 5.70. The Labute approximate surface area is 66.7 Å². The lowest BCUT2D eigenvalue weighted by atomic mass is 9.97. The third kappa shape index (κ3) is 1.20. The summed E-state index contributed by atoms with van der Waals surface area (Å²) in [5, 5.41) is 1.64. The molecule has 3 heteroatoms. The lowest BCUT2D eigenvalue weighted by Crippen LogP contribution is -2.52. The molecule has 0 bridgehead atoms. The van der Waals surface area contributed by atoms with E-state index in [0.29, 0.717) is 0 Å². The molecule has 0 aromatic rings. The first-order chi connectivity index (χ1) is 4.54. The van der Waals surface area contributed by atoms with Gasteiger partial charge in [0.15, 0.2) is 0 Å². The number of nitrogens with two attached hydrogens (primary N) is 1. The monoisotopic (exact) mass is 156 g/mol. The van der Waals surface area contributed by atoms with Gasteiger partial charge >= 0.3 is 0 Å². The summed E-state index contributed by atoms with van der Waals surface area (Å²) >= 11 is 4.99. The van der Waals surface area contributed by atoms with Crippen molar-refractivity contribution in [1.29, 1.82) is 0 Å². The van der Waals surface area contributed by atoms with Crippen LogP contribution in [-0.4, -0.2) is 15.5 Å². The molecule has 0 aromatic heterocycles. The number of rotatable bonds is 0. The summed E-state index contributed by atoms with van der Waals surface area (Å²) in [7, 11) is 0. The third-order valence-corrected chi connectivity index (χ3v) is 2.10. The van der Waals surface area contributed by atoms with Gasteiger partial charge in [0, 0.05) is 0 Å². The molecular formula is C7H12N2S. The lowest BCUT2D eigenvalue weighted by molar-refractivity contribution is 0.221. The van der Waals surface area contributed by atoms with Crippen molar-refractivity contribution in [3.8, 4) is 0 Å². The van der Waals surface area contributed by atoms with E-state index in [4.69, 9.17) is 18.1 Å². The summed E-state index contributed by atoms with van der Waals surface area (Å²) in [6.07, 6.45) is 4.90. The van der Waals surface area contributed by atoms with E-state index < -0.39 is 0 Å². The third-order valence-electron chi connectivity index (χ3n) is 1.77. The Morgan fingerprint density at radius 1 is 1.70 bits per heavy atom. The summed E-state index contributed by atoms with van der Waals surface area (Å²) in [4.78, 5) is 0.719. The molecule has 0 fully saturated rings. The van der Waals surface area contributed by atoms with Crippen molar-refractivity contribution in [2.45, 2.75) is 25.8 Å². The molecule has 0 saturated carbocycles. The van der Waals surface area contributed by atoms with Crippen molar-refractivity contribution < 1.29 is 0 Å². The minimum atomic E-state index is -0.00810. The number of hydrazine groups is 1. The van der Waals surface area contributed by atoms with E-state index in [1.165, 1.54) is 0 Å². The molecule has 0 unspecified atom stereocenters. The molecule has 0 saturated heterocycles. The highest BCUT2D eigenvalue weighted by molar-refractivity contribution is 7.80. The molecule has 1 aliphatic heterocycles. The van der Waals surface area contributed by atoms with Gasteiger partial charge in [-0.25, -0.2) is 5.84 Å². The average molecular weight is 156 g/mol. The normalized spacial score (nSPS) is 23.5. The first-order valence-electron chi connectivity index (χ1n) is 3.29. The zero-order valence-electron chi connectivity index (χ0n) is 6.29. The average Bonchev–Trinajstić information content (AvgIpc) is 1.83. The molecule has 0 aromatic carbocycles. The van der Waals surface area contributed by atoms with Gasteiger partial charge in [-0.1, -0.05) is 18.3 Å². The van der Waals surface area contributed by atoms with E-state index in [-0.39, 0.29) is 5.54 Å². The van der Waals surface area contributed by atoms with Gasteiger partial charge in [0.25, 0.3) is 0 Å². The van der Waals surface area contributed by atoms with Gasteiger partial charge in [-0.2, -0.15) is 0 Å². The van der Waals surface area contributed by atoms with Crippen LogP contribution in [0.3, 0.4) is 0 Å². The highest BCUT2D eigenvalue weighted by Gasteiger charge is 2.26. The fraction of sp³-hybridized carbons (Fsp3) is 0.571. The Kier molecular flexibility index (Phi) is 1.79. The predicted molar refractivity (Wildman–Crippen MR) is 46.5 cm³/mol. The first kappa shape index (κ1) is 7.69. The van der Waals surface area contributed by atoms with Crippen molar-refractivity contribution in [2.24, 2.45) is 5.84 Å². The fourth-order valence-corrected chi connectivity index (χ4v) is 1.27. The molecule has 0 amide bonds. The first-order valence-corrected chi connectivity index (χ1v) is 3.70. The number of thiocarbonyl (C=S) groups is 1. The van der Waals surface area contributed by atoms with Gasteiger partial charge < -0.3 is 0 Å². The quantitative estimate of drug-likeness (QED) is 0.422. The van der Waals surface area contributed by atoms with E-state index >= 15 is 0 Å². The minimum Gasteiger partial charge on any atom is -0.295 e. The van der Waals surface area contributed by atoms with Crippen molar-refractivity contribution in [3.63, 3.8) is 0 Å². The predicted octanol–water partition coefficient (Wildman–Crippen LogP) is 1.23. The fourth-order valence-electron chi connectivity index (χ4n) is 0.925. The van der Waals surface area contributed by atoms with Crippen LogP contribution in [0, 0.1) is 0 Å². The lowest BCUT2D eigenvalue weighted by Gasteiger charge is -2.37. The molecule has 56 valence electrons. The van der Waals surface area contributed by atoms with Crippen molar-refractivity contribution >= 4 is 17.2 Å². The summed E-state index contributed by atoms with van der Waals surface area (Å²) in [6, 6.07) is 0. The van der Waals surface area contributed by atoms with Crippen LogP contribution in [0.5, 0.6) is 0 Å². The molecule has 0 spiro atoms. The summed E-state index contributed by atoms with van der Waals surface area (Å²) in [5.41, 5.74) is -0.00810. The second-order valence-electron chi connectivity index (χ2n) is 3.13. The van der Waals surface area contributed by atoms with E-state index in [2.05, 4.69) is 19.9 Å². The summed E-state index contributed by atoms with van der Waals surface area (Å²) < 4.78 is 0. The van der Waals surface area contributed by atoms with Crippen LogP contribution in [0.2, 0.25) is 0 Å². The van der Waals surface area contributed by atoms with Gasteiger partial charge in [-0.05, 0) is 26.3 Å². The zero-order valence-corrected chi connectivity index (χ0v) is 7.11. The molecular weight excluding hydrogens is 144 g/mol. The Bertz CT molecular complexity index is 184. The van der Waals surface area contributed by atoms with Crippen LogP contribution in [0.4, 0.5) is 0 Å². The highest BCUT2D eigenvalue weighted by Crippen LogP contribution is 2.20. The topological polar surface area (TPSA) is 29.3 Å². The molecule has 0 radical (unpaired) electrons. The van der Waals surface area contributed by atoms with E-state index in [0.717, 1.165) is 11.4 Å². The Morgan fingerprint density at radius 2 is 2.30 bits per heavy atom. The van der Waals surface area contributed by atoms with Crippen LogP contribution in [0.15, 0.2) is 12.2 Å². The maximum Gasteiger partial charge on any atom is 0.116 e. The molecule has 1 heterocycles. The molecule has 10 heavy (non-hydrogen) atoms. The molecule has 1 aliphatic rings. The van der Waals surface area contributed by atoms with Gasteiger partial charge in [0.2, 0.25) is 0 Å². The summed E-state index contributed by atoms with van der Waals surface area (Å²) in [6.45, 7) is 4.14. The second kappa shape index (κ2) is 2.32. The number of hydrogen-bond acceptors (Lipinski definition) is 2. The molecule has 2 nitrogen and oxygen atoms in total. The van der Waals surface area contributed by atoms with Gasteiger partial charge in [0.1, 0.15) is 4.99 Å². The van der Waals surface area contributed by atoms with Gasteiger partial charge in [-0.15, -0.1) is 0 Å². The van der Waals surface area contributed by atoms with Crippen molar-refractivity contribution in [3.05, 3.63) is 12.2 Å². The van der Waals surface area contributed by atoms with Crippen LogP contribution in [-0.2, 0) is 0 Å². The Balaban J connectivity index is 2.85. The number of nitrogens with zero attached hydrogens (tertiary/aromatic N) is 1. The van der Waals surface area contributed by atoms with Crippen LogP contribution >= 0.6 is 12.2 Å². The Hall–Kier alpha value is -0.410. The van der Waals surface area contributed by atoms with Crippen LogP contribution in [0.25, 0.3) is 0 Å². The van der Waals surface area contributed by atoms with Crippen LogP contribution < -0.4 is 5.84 Å². The zero-order chi connectivity index (χ0) is 7.78. The maximum absolute atomic E-state index is 5.70.